The van der Waals surface area contributed by atoms with E-state index in [9.17, 15) is 9.59 Å². The molecule has 2 rings (SSSR count). The summed E-state index contributed by atoms with van der Waals surface area (Å²) in [5, 5.41) is 17.7. The van der Waals surface area contributed by atoms with E-state index in [4.69, 9.17) is 28.3 Å². The Hall–Kier alpha value is -2.25. The molecule has 7 nitrogen and oxygen atoms in total. The Morgan fingerprint density at radius 2 is 2.10 bits per heavy atom. The van der Waals surface area contributed by atoms with E-state index in [0.717, 1.165) is 0 Å². The molecule has 0 bridgehead atoms. The number of nitrogens with zero attached hydrogens (tertiary/aromatic N) is 1. The molecule has 0 radical (unpaired) electrons. The number of urea groups is 1. The minimum absolute atomic E-state index is 0.0245. The zero-order valence-corrected chi connectivity index (χ0v) is 11.9. The van der Waals surface area contributed by atoms with Crippen LogP contribution in [0.15, 0.2) is 29.0 Å². The number of carbonyl (C=O) groups is 2. The molecule has 0 aliphatic carbocycles. The van der Waals surface area contributed by atoms with Gasteiger partial charge in [-0.05, 0) is 12.1 Å². The highest BCUT2D eigenvalue weighted by atomic mass is 35.5. The summed E-state index contributed by atoms with van der Waals surface area (Å²) in [6.45, 7) is 0.121. The Labute approximate surface area is 128 Å². The first kappa shape index (κ1) is 15.1. The summed E-state index contributed by atoms with van der Waals surface area (Å²) in [6, 6.07) is 3.48. The summed E-state index contributed by atoms with van der Waals surface area (Å²) in [5.74, 6) is -1.26. The number of amides is 2. The molecule has 9 heteroatoms. The minimum atomic E-state index is -1.26. The zero-order valence-electron chi connectivity index (χ0n) is 10.4. The van der Waals surface area contributed by atoms with Crippen LogP contribution in [-0.2, 0) is 6.54 Å². The molecule has 1 heterocycles. The van der Waals surface area contributed by atoms with Crippen LogP contribution in [0.3, 0.4) is 0 Å². The molecule has 0 saturated heterocycles. The standard InChI is InChI=1S/C12H9Cl2N3O4/c13-6-3-8(11(18)19)10(9(14)4-6)16-12(20)15-5-7-1-2-21-17-7/h1-4H,5H2,(H,18,19)(H2,15,16,20). The topological polar surface area (TPSA) is 104 Å². The second kappa shape index (κ2) is 6.47. The molecule has 21 heavy (non-hydrogen) atoms. The number of anilines is 1. The Bertz CT molecular complexity index is 673. The van der Waals surface area contributed by atoms with Crippen molar-refractivity contribution in [3.63, 3.8) is 0 Å². The van der Waals surface area contributed by atoms with Gasteiger partial charge < -0.3 is 20.3 Å². The van der Waals surface area contributed by atoms with Gasteiger partial charge in [0.05, 0.1) is 22.8 Å². The normalized spacial score (nSPS) is 10.2. The van der Waals surface area contributed by atoms with Crippen LogP contribution in [0.1, 0.15) is 16.1 Å². The maximum absolute atomic E-state index is 11.8. The average molecular weight is 330 g/mol. The van der Waals surface area contributed by atoms with Gasteiger partial charge in [-0.1, -0.05) is 28.4 Å². The van der Waals surface area contributed by atoms with Gasteiger partial charge in [-0.3, -0.25) is 0 Å². The highest BCUT2D eigenvalue weighted by molar-refractivity contribution is 6.37. The predicted molar refractivity (Wildman–Crippen MR) is 75.8 cm³/mol. The van der Waals surface area contributed by atoms with E-state index in [1.165, 1.54) is 18.4 Å². The molecule has 0 aliphatic heterocycles. The second-order valence-electron chi connectivity index (χ2n) is 3.91. The summed E-state index contributed by atoms with van der Waals surface area (Å²) in [4.78, 5) is 22.9. The zero-order chi connectivity index (χ0) is 15.4. The van der Waals surface area contributed by atoms with Crippen LogP contribution in [0.2, 0.25) is 10.0 Å². The van der Waals surface area contributed by atoms with E-state index < -0.39 is 12.0 Å². The van der Waals surface area contributed by atoms with Gasteiger partial charge in [0.15, 0.2) is 0 Å². The van der Waals surface area contributed by atoms with Gasteiger partial charge >= 0.3 is 12.0 Å². The minimum Gasteiger partial charge on any atom is -0.478 e. The number of benzene rings is 1. The van der Waals surface area contributed by atoms with Crippen LogP contribution in [0, 0.1) is 0 Å². The Kier molecular flexibility index (Phi) is 4.66. The van der Waals surface area contributed by atoms with Crippen LogP contribution in [0.25, 0.3) is 0 Å². The molecule has 2 aromatic rings. The molecule has 2 amide bonds. The predicted octanol–water partition coefficient (Wildman–Crippen LogP) is 3.00. The third-order valence-corrected chi connectivity index (χ3v) is 2.96. The second-order valence-corrected chi connectivity index (χ2v) is 4.76. The van der Waals surface area contributed by atoms with Gasteiger partial charge in [0, 0.05) is 11.1 Å². The van der Waals surface area contributed by atoms with Crippen molar-refractivity contribution in [3.05, 3.63) is 45.8 Å². The van der Waals surface area contributed by atoms with Crippen molar-refractivity contribution in [1.29, 1.82) is 0 Å². The Morgan fingerprint density at radius 3 is 2.71 bits per heavy atom. The molecule has 0 atom stereocenters. The van der Waals surface area contributed by atoms with Crippen molar-refractivity contribution < 1.29 is 19.2 Å². The number of carboxylic acids is 1. The van der Waals surface area contributed by atoms with Gasteiger partial charge in [0.25, 0.3) is 0 Å². The third-order valence-electron chi connectivity index (χ3n) is 2.45. The third kappa shape index (κ3) is 3.87. The molecule has 1 aromatic carbocycles. The summed E-state index contributed by atoms with van der Waals surface area (Å²) >= 11 is 11.6. The molecular formula is C12H9Cl2N3O4. The highest BCUT2D eigenvalue weighted by Crippen LogP contribution is 2.30. The van der Waals surface area contributed by atoms with E-state index in [-0.39, 0.29) is 27.8 Å². The van der Waals surface area contributed by atoms with E-state index in [0.29, 0.717) is 5.69 Å². The lowest BCUT2D eigenvalue weighted by molar-refractivity contribution is 0.0698. The van der Waals surface area contributed by atoms with Crippen LogP contribution < -0.4 is 10.6 Å². The number of aromatic nitrogens is 1. The summed E-state index contributed by atoms with van der Waals surface area (Å²) < 4.78 is 4.61. The van der Waals surface area contributed by atoms with Crippen molar-refractivity contribution in [3.8, 4) is 0 Å². The summed E-state index contributed by atoms with van der Waals surface area (Å²) in [6.07, 6.45) is 1.37. The lowest BCUT2D eigenvalue weighted by Gasteiger charge is -2.11. The van der Waals surface area contributed by atoms with Crippen molar-refractivity contribution >= 4 is 40.9 Å². The van der Waals surface area contributed by atoms with E-state index in [1.807, 2.05) is 0 Å². The lowest BCUT2D eigenvalue weighted by atomic mass is 10.2. The molecule has 0 unspecified atom stereocenters. The summed E-state index contributed by atoms with van der Waals surface area (Å²) in [7, 11) is 0. The SMILES string of the molecule is O=C(NCc1ccon1)Nc1c(Cl)cc(Cl)cc1C(=O)O. The first-order valence-corrected chi connectivity index (χ1v) is 6.39. The number of carbonyl (C=O) groups excluding carboxylic acids is 1. The highest BCUT2D eigenvalue weighted by Gasteiger charge is 2.17. The molecule has 3 N–H and O–H groups in total. The molecule has 0 aliphatic rings. The molecule has 110 valence electrons. The van der Waals surface area contributed by atoms with E-state index in [2.05, 4.69) is 20.3 Å². The molecular weight excluding hydrogens is 321 g/mol. The number of nitrogens with one attached hydrogen (secondary N) is 2. The Balaban J connectivity index is 2.11. The number of halogens is 2. The maximum atomic E-state index is 11.8. The van der Waals surface area contributed by atoms with Crippen LogP contribution >= 0.6 is 23.2 Å². The smallest absolute Gasteiger partial charge is 0.337 e. The van der Waals surface area contributed by atoms with Crippen LogP contribution in [-0.4, -0.2) is 22.3 Å². The van der Waals surface area contributed by atoms with Gasteiger partial charge in [-0.25, -0.2) is 9.59 Å². The number of hydrogen-bond donors (Lipinski definition) is 3. The maximum Gasteiger partial charge on any atom is 0.337 e. The number of hydrogen-bond acceptors (Lipinski definition) is 4. The molecule has 0 saturated carbocycles. The monoisotopic (exact) mass is 329 g/mol. The van der Waals surface area contributed by atoms with Gasteiger partial charge in [-0.15, -0.1) is 0 Å². The molecule has 1 aromatic heterocycles. The van der Waals surface area contributed by atoms with E-state index >= 15 is 0 Å². The van der Waals surface area contributed by atoms with Gasteiger partial charge in [0.1, 0.15) is 12.0 Å². The average Bonchev–Trinajstić information content (AvgIpc) is 2.92. The quantitative estimate of drug-likeness (QED) is 0.799. The molecule has 0 fully saturated rings. The van der Waals surface area contributed by atoms with E-state index in [1.54, 1.807) is 6.07 Å². The lowest BCUT2D eigenvalue weighted by Crippen LogP contribution is -2.29. The molecule has 0 spiro atoms. The van der Waals surface area contributed by atoms with Crippen molar-refractivity contribution in [2.24, 2.45) is 0 Å². The van der Waals surface area contributed by atoms with Crippen molar-refractivity contribution in [2.75, 3.05) is 5.32 Å². The number of aromatic carboxylic acids is 1. The first-order valence-electron chi connectivity index (χ1n) is 5.64. The van der Waals surface area contributed by atoms with Gasteiger partial charge in [-0.2, -0.15) is 0 Å². The number of rotatable bonds is 4. The van der Waals surface area contributed by atoms with Crippen molar-refractivity contribution in [1.82, 2.24) is 10.5 Å². The van der Waals surface area contributed by atoms with Crippen LogP contribution in [0.4, 0.5) is 10.5 Å². The van der Waals surface area contributed by atoms with Crippen molar-refractivity contribution in [2.45, 2.75) is 6.54 Å². The fourth-order valence-electron chi connectivity index (χ4n) is 1.53. The summed E-state index contributed by atoms with van der Waals surface area (Å²) in [5.41, 5.74) is 0.279. The van der Waals surface area contributed by atoms with Crippen LogP contribution in [0.5, 0.6) is 0 Å². The first-order chi connectivity index (χ1) is 9.97. The Morgan fingerprint density at radius 1 is 1.33 bits per heavy atom. The fourth-order valence-corrected chi connectivity index (χ4v) is 2.07. The largest absolute Gasteiger partial charge is 0.478 e. The van der Waals surface area contributed by atoms with Gasteiger partial charge in [0.2, 0.25) is 0 Å². The fraction of sp³-hybridized carbons (Fsp3) is 0.0833. The number of carboxylic acid groups (broad SMARTS) is 1.